The van der Waals surface area contributed by atoms with Gasteiger partial charge in [-0.1, -0.05) is 49.4 Å². The number of carboxylic acids is 2. The van der Waals surface area contributed by atoms with Gasteiger partial charge in [0.1, 0.15) is 0 Å². The number of rotatable bonds is 3. The molecule has 1 saturated carbocycles. The smallest absolute Gasteiger partial charge is 0.414 e. The predicted octanol–water partition coefficient (Wildman–Crippen LogP) is 3.34. The zero-order valence-corrected chi connectivity index (χ0v) is 16.4. The molecule has 27 heavy (non-hydrogen) atoms. The van der Waals surface area contributed by atoms with Crippen LogP contribution in [0.3, 0.4) is 0 Å². The van der Waals surface area contributed by atoms with Gasteiger partial charge in [-0.05, 0) is 30.5 Å². The van der Waals surface area contributed by atoms with E-state index in [0.717, 1.165) is 17.6 Å². The van der Waals surface area contributed by atoms with Crippen molar-refractivity contribution in [2.45, 2.75) is 51.1 Å². The molecule has 1 heterocycles. The fourth-order valence-electron chi connectivity index (χ4n) is 3.76. The lowest BCUT2D eigenvalue weighted by Gasteiger charge is -2.39. The van der Waals surface area contributed by atoms with E-state index in [2.05, 4.69) is 21.9 Å². The van der Waals surface area contributed by atoms with Gasteiger partial charge in [0.05, 0.1) is 0 Å². The number of aliphatic carboxylic acids is 2. The van der Waals surface area contributed by atoms with E-state index in [4.69, 9.17) is 31.4 Å². The molecule has 1 aromatic rings. The van der Waals surface area contributed by atoms with Crippen molar-refractivity contribution in [3.63, 3.8) is 0 Å². The summed E-state index contributed by atoms with van der Waals surface area (Å²) in [5, 5.41) is 15.6. The van der Waals surface area contributed by atoms with E-state index >= 15 is 0 Å². The van der Waals surface area contributed by atoms with Crippen LogP contribution in [0.2, 0.25) is 5.02 Å². The van der Waals surface area contributed by atoms with Crippen LogP contribution in [0, 0.1) is 0 Å². The molecular formula is C20H29ClN2O4. The van der Waals surface area contributed by atoms with Crippen LogP contribution in [-0.4, -0.2) is 64.2 Å². The maximum absolute atomic E-state index is 9.10. The summed E-state index contributed by atoms with van der Waals surface area (Å²) in [5.41, 5.74) is 1.38. The molecule has 2 fully saturated rings. The summed E-state index contributed by atoms with van der Waals surface area (Å²) in [6, 6.07) is 9.17. The van der Waals surface area contributed by atoms with Gasteiger partial charge in [-0.2, -0.15) is 0 Å². The monoisotopic (exact) mass is 396 g/mol. The highest BCUT2D eigenvalue weighted by atomic mass is 35.5. The van der Waals surface area contributed by atoms with Crippen molar-refractivity contribution in [1.29, 1.82) is 0 Å². The summed E-state index contributed by atoms with van der Waals surface area (Å²) in [6.07, 6.45) is 8.64. The average Bonchev–Trinajstić information content (AvgIpc) is 2.94. The maximum Gasteiger partial charge on any atom is 0.414 e. The first kappa shape index (κ1) is 21.7. The number of benzene rings is 1. The summed E-state index contributed by atoms with van der Waals surface area (Å²) < 4.78 is 0. The van der Waals surface area contributed by atoms with Crippen LogP contribution in [0.5, 0.6) is 0 Å². The Bertz CT molecular complexity index is 581. The van der Waals surface area contributed by atoms with Crippen LogP contribution in [0.15, 0.2) is 24.3 Å². The van der Waals surface area contributed by atoms with E-state index in [9.17, 15) is 0 Å². The Hall–Kier alpha value is -1.63. The van der Waals surface area contributed by atoms with Gasteiger partial charge >= 0.3 is 11.9 Å². The molecule has 0 atom stereocenters. The highest BCUT2D eigenvalue weighted by molar-refractivity contribution is 6.30. The highest BCUT2D eigenvalue weighted by Gasteiger charge is 2.24. The van der Waals surface area contributed by atoms with Crippen LogP contribution < -0.4 is 0 Å². The standard InChI is InChI=1S/C18H27ClN2.C2H2O4/c19-17-9-7-16(8-10-17)15-20-11-13-21(14-12-20)18-5-3-1-2-4-6-18;3-1(4)2(5)6/h7-10,18H,1-6,11-15H2;(H,3,4)(H,5,6). The molecule has 1 saturated heterocycles. The third kappa shape index (κ3) is 7.87. The Labute approximate surface area is 165 Å². The molecule has 0 unspecified atom stereocenters. The van der Waals surface area contributed by atoms with Crippen LogP contribution in [0.25, 0.3) is 0 Å². The van der Waals surface area contributed by atoms with Crippen molar-refractivity contribution in [3.8, 4) is 0 Å². The normalized spacial score (nSPS) is 19.6. The molecule has 1 aliphatic carbocycles. The number of hydrogen-bond donors (Lipinski definition) is 2. The van der Waals surface area contributed by atoms with Gasteiger partial charge in [-0.25, -0.2) is 9.59 Å². The van der Waals surface area contributed by atoms with Gasteiger partial charge in [0.2, 0.25) is 0 Å². The number of carboxylic acid groups (broad SMARTS) is 2. The number of piperazine rings is 1. The van der Waals surface area contributed by atoms with Gasteiger partial charge in [0.25, 0.3) is 0 Å². The topological polar surface area (TPSA) is 81.1 Å². The first-order valence-corrected chi connectivity index (χ1v) is 10.0. The first-order valence-electron chi connectivity index (χ1n) is 9.63. The Morgan fingerprint density at radius 3 is 1.89 bits per heavy atom. The van der Waals surface area contributed by atoms with Crippen LogP contribution in [0.4, 0.5) is 0 Å². The van der Waals surface area contributed by atoms with E-state index < -0.39 is 11.9 Å². The summed E-state index contributed by atoms with van der Waals surface area (Å²) in [5.74, 6) is -3.65. The van der Waals surface area contributed by atoms with E-state index in [1.807, 2.05) is 12.1 Å². The molecule has 1 aliphatic heterocycles. The maximum atomic E-state index is 9.10. The lowest BCUT2D eigenvalue weighted by molar-refractivity contribution is -0.159. The van der Waals surface area contributed by atoms with E-state index in [1.165, 1.54) is 70.3 Å². The minimum absolute atomic E-state index is 0.830. The second-order valence-corrected chi connectivity index (χ2v) is 7.63. The second kappa shape index (κ2) is 11.3. The largest absolute Gasteiger partial charge is 0.473 e. The zero-order chi connectivity index (χ0) is 19.6. The van der Waals surface area contributed by atoms with Crippen molar-refractivity contribution in [2.24, 2.45) is 0 Å². The van der Waals surface area contributed by atoms with Gasteiger partial charge in [0.15, 0.2) is 0 Å². The van der Waals surface area contributed by atoms with Gasteiger partial charge < -0.3 is 10.2 Å². The molecule has 3 rings (SSSR count). The Balaban J connectivity index is 0.000000380. The minimum Gasteiger partial charge on any atom is -0.473 e. The van der Waals surface area contributed by atoms with Crippen LogP contribution in [-0.2, 0) is 16.1 Å². The van der Waals surface area contributed by atoms with Crippen LogP contribution in [0.1, 0.15) is 44.1 Å². The molecule has 7 heteroatoms. The van der Waals surface area contributed by atoms with Crippen molar-refractivity contribution in [3.05, 3.63) is 34.9 Å². The van der Waals surface area contributed by atoms with Crippen molar-refractivity contribution in [1.82, 2.24) is 9.80 Å². The molecule has 0 radical (unpaired) electrons. The fourth-order valence-corrected chi connectivity index (χ4v) is 3.88. The predicted molar refractivity (Wildman–Crippen MR) is 105 cm³/mol. The Morgan fingerprint density at radius 2 is 1.41 bits per heavy atom. The third-order valence-corrected chi connectivity index (χ3v) is 5.50. The third-order valence-electron chi connectivity index (χ3n) is 5.25. The van der Waals surface area contributed by atoms with E-state index in [0.29, 0.717) is 0 Å². The molecular weight excluding hydrogens is 368 g/mol. The van der Waals surface area contributed by atoms with Gasteiger partial charge in [-0.3, -0.25) is 9.80 Å². The molecule has 2 N–H and O–H groups in total. The fraction of sp³-hybridized carbons (Fsp3) is 0.600. The first-order chi connectivity index (χ1) is 13.0. The summed E-state index contributed by atoms with van der Waals surface area (Å²) in [4.78, 5) is 23.5. The summed E-state index contributed by atoms with van der Waals surface area (Å²) >= 11 is 5.95. The number of halogens is 1. The molecule has 2 aliphatic rings. The van der Waals surface area contributed by atoms with Crippen molar-refractivity contribution in [2.75, 3.05) is 26.2 Å². The number of hydrogen-bond acceptors (Lipinski definition) is 4. The number of nitrogens with zero attached hydrogens (tertiary/aromatic N) is 2. The van der Waals surface area contributed by atoms with Crippen molar-refractivity contribution < 1.29 is 19.8 Å². The van der Waals surface area contributed by atoms with Gasteiger partial charge in [-0.15, -0.1) is 0 Å². The highest BCUT2D eigenvalue weighted by Crippen LogP contribution is 2.23. The minimum atomic E-state index is -1.82. The number of carbonyl (C=O) groups is 2. The SMILES string of the molecule is Clc1ccc(CN2CCN(C3CCCCCC3)CC2)cc1.O=C(O)C(=O)O. The molecule has 150 valence electrons. The van der Waals surface area contributed by atoms with Crippen LogP contribution >= 0.6 is 11.6 Å². The molecule has 0 spiro atoms. The summed E-state index contributed by atoms with van der Waals surface area (Å²) in [7, 11) is 0. The average molecular weight is 397 g/mol. The zero-order valence-electron chi connectivity index (χ0n) is 15.6. The Morgan fingerprint density at radius 1 is 0.889 bits per heavy atom. The quantitative estimate of drug-likeness (QED) is 0.602. The molecule has 0 bridgehead atoms. The summed E-state index contributed by atoms with van der Waals surface area (Å²) in [6.45, 7) is 5.98. The van der Waals surface area contributed by atoms with E-state index in [-0.39, 0.29) is 0 Å². The van der Waals surface area contributed by atoms with Crippen molar-refractivity contribution >= 4 is 23.5 Å². The molecule has 1 aromatic carbocycles. The second-order valence-electron chi connectivity index (χ2n) is 7.19. The lowest BCUT2D eigenvalue weighted by Crippen LogP contribution is -2.49. The van der Waals surface area contributed by atoms with Gasteiger partial charge in [0, 0.05) is 43.8 Å². The molecule has 0 amide bonds. The molecule has 0 aromatic heterocycles. The molecule has 6 nitrogen and oxygen atoms in total. The Kier molecular flexibility index (Phi) is 9.04. The lowest BCUT2D eigenvalue weighted by atomic mass is 10.1. The van der Waals surface area contributed by atoms with E-state index in [1.54, 1.807) is 0 Å².